The number of aliphatic carboxylic acids is 1. The van der Waals surface area contributed by atoms with Crippen LogP contribution in [0.15, 0.2) is 66.7 Å². The number of hydrogen-bond donors (Lipinski definition) is 0. The van der Waals surface area contributed by atoms with Crippen LogP contribution in [0.2, 0.25) is 10.0 Å². The molecule has 0 aliphatic rings. The SMILES string of the molecule is O=C([O-])CCc1ccccc1-c1cccc(-c2cccc(Cl)c2Cl)c1.[Na+]. The average Bonchev–Trinajstić information content (AvgIpc) is 2.62. The van der Waals surface area contributed by atoms with Crippen LogP contribution in [0, 0.1) is 0 Å². The standard InChI is InChI=1S/C21H16Cl2O2.Na/c22-19-10-4-9-18(21(19)23)16-7-3-6-15(13-16)17-8-2-1-5-14(17)11-12-20(24)25;/h1-10,13H,11-12H2,(H,24,25);/q;+1/p-1. The second kappa shape index (κ2) is 9.59. The van der Waals surface area contributed by atoms with E-state index >= 15 is 0 Å². The van der Waals surface area contributed by atoms with E-state index in [4.69, 9.17) is 23.2 Å². The van der Waals surface area contributed by atoms with E-state index in [1.807, 2.05) is 60.7 Å². The van der Waals surface area contributed by atoms with E-state index in [0.717, 1.165) is 27.8 Å². The fraction of sp³-hybridized carbons (Fsp3) is 0.0952. The molecule has 0 N–H and O–H groups in total. The number of benzene rings is 3. The average molecular weight is 393 g/mol. The van der Waals surface area contributed by atoms with Crippen molar-refractivity contribution in [3.8, 4) is 22.3 Å². The van der Waals surface area contributed by atoms with Crippen molar-refractivity contribution in [1.29, 1.82) is 0 Å². The summed E-state index contributed by atoms with van der Waals surface area (Å²) in [6, 6.07) is 21.3. The summed E-state index contributed by atoms with van der Waals surface area (Å²) in [6.07, 6.45) is 0.428. The number of carbonyl (C=O) groups excluding carboxylic acids is 1. The molecule has 0 aliphatic heterocycles. The number of carboxylic acid groups (broad SMARTS) is 1. The van der Waals surface area contributed by atoms with Gasteiger partial charge in [0.05, 0.1) is 10.0 Å². The van der Waals surface area contributed by atoms with Gasteiger partial charge in [0.1, 0.15) is 0 Å². The quantitative estimate of drug-likeness (QED) is 0.623. The Kier molecular flexibility index (Phi) is 7.75. The van der Waals surface area contributed by atoms with Gasteiger partial charge in [-0.1, -0.05) is 77.8 Å². The monoisotopic (exact) mass is 392 g/mol. The minimum Gasteiger partial charge on any atom is -0.550 e. The fourth-order valence-electron chi connectivity index (χ4n) is 2.84. The topological polar surface area (TPSA) is 40.1 Å². The zero-order valence-electron chi connectivity index (χ0n) is 14.3. The van der Waals surface area contributed by atoms with Crippen LogP contribution in [-0.4, -0.2) is 5.97 Å². The Balaban J connectivity index is 0.00000243. The third-order valence-corrected chi connectivity index (χ3v) is 4.87. The molecular formula is C21H15Cl2NaO2. The number of hydrogen-bond acceptors (Lipinski definition) is 2. The van der Waals surface area contributed by atoms with Crippen LogP contribution in [0.1, 0.15) is 12.0 Å². The first kappa shape index (κ1) is 21.0. The summed E-state index contributed by atoms with van der Waals surface area (Å²) in [5.74, 6) is -1.05. The minimum atomic E-state index is -1.05. The number of carboxylic acids is 1. The molecule has 0 heterocycles. The predicted octanol–water partition coefficient (Wildman–Crippen LogP) is 2.01. The Bertz CT molecular complexity index is 925. The first-order chi connectivity index (χ1) is 12.1. The van der Waals surface area contributed by atoms with E-state index in [-0.39, 0.29) is 36.0 Å². The molecule has 0 amide bonds. The molecule has 0 atom stereocenters. The molecule has 0 fully saturated rings. The summed E-state index contributed by atoms with van der Waals surface area (Å²) in [7, 11) is 0. The Labute approximate surface area is 185 Å². The van der Waals surface area contributed by atoms with Crippen LogP contribution >= 0.6 is 23.2 Å². The van der Waals surface area contributed by atoms with Crippen molar-refractivity contribution in [3.05, 3.63) is 82.3 Å². The molecule has 126 valence electrons. The molecule has 26 heavy (non-hydrogen) atoms. The summed E-state index contributed by atoms with van der Waals surface area (Å²) >= 11 is 12.5. The maximum atomic E-state index is 10.8. The maximum absolute atomic E-state index is 10.8. The Morgan fingerprint density at radius 1 is 0.846 bits per heavy atom. The van der Waals surface area contributed by atoms with Crippen LogP contribution in [-0.2, 0) is 11.2 Å². The van der Waals surface area contributed by atoms with Crippen molar-refractivity contribution in [1.82, 2.24) is 0 Å². The van der Waals surface area contributed by atoms with Crippen LogP contribution in [0.4, 0.5) is 0 Å². The van der Waals surface area contributed by atoms with E-state index < -0.39 is 5.97 Å². The van der Waals surface area contributed by atoms with E-state index in [1.165, 1.54) is 0 Å². The van der Waals surface area contributed by atoms with Gasteiger partial charge in [0.25, 0.3) is 0 Å². The second-order valence-corrected chi connectivity index (χ2v) is 6.50. The molecule has 0 spiro atoms. The first-order valence-electron chi connectivity index (χ1n) is 7.89. The van der Waals surface area contributed by atoms with Gasteiger partial charge in [-0.3, -0.25) is 0 Å². The van der Waals surface area contributed by atoms with Crippen LogP contribution in [0.25, 0.3) is 22.3 Å². The number of halogens is 2. The van der Waals surface area contributed by atoms with E-state index in [9.17, 15) is 9.90 Å². The smallest absolute Gasteiger partial charge is 0.550 e. The molecule has 0 saturated carbocycles. The second-order valence-electron chi connectivity index (χ2n) is 5.71. The van der Waals surface area contributed by atoms with Gasteiger partial charge in [-0.2, -0.15) is 0 Å². The van der Waals surface area contributed by atoms with Gasteiger partial charge in [0, 0.05) is 11.5 Å². The summed E-state index contributed by atoms with van der Waals surface area (Å²) in [6.45, 7) is 0. The molecule has 0 unspecified atom stereocenters. The largest absolute Gasteiger partial charge is 1.00 e. The van der Waals surface area contributed by atoms with Crippen molar-refractivity contribution in [2.75, 3.05) is 0 Å². The Morgan fingerprint density at radius 3 is 2.19 bits per heavy atom. The molecule has 5 heteroatoms. The van der Waals surface area contributed by atoms with Crippen molar-refractivity contribution < 1.29 is 39.5 Å². The van der Waals surface area contributed by atoms with Crippen molar-refractivity contribution in [2.45, 2.75) is 12.8 Å². The maximum Gasteiger partial charge on any atom is 1.00 e. The molecule has 3 rings (SSSR count). The van der Waals surface area contributed by atoms with Crippen LogP contribution in [0.3, 0.4) is 0 Å². The molecular weight excluding hydrogens is 378 g/mol. The molecule has 3 aromatic carbocycles. The first-order valence-corrected chi connectivity index (χ1v) is 8.64. The van der Waals surface area contributed by atoms with Gasteiger partial charge in [-0.25, -0.2) is 0 Å². The Morgan fingerprint density at radius 2 is 1.46 bits per heavy atom. The van der Waals surface area contributed by atoms with Crippen molar-refractivity contribution in [3.63, 3.8) is 0 Å². The van der Waals surface area contributed by atoms with Gasteiger partial charge in [0.2, 0.25) is 0 Å². The summed E-state index contributed by atoms with van der Waals surface area (Å²) < 4.78 is 0. The number of carbonyl (C=O) groups is 1. The zero-order chi connectivity index (χ0) is 17.8. The Hall–Kier alpha value is -1.29. The third kappa shape index (κ3) is 4.91. The summed E-state index contributed by atoms with van der Waals surface area (Å²) in [4.78, 5) is 10.8. The fourth-order valence-corrected chi connectivity index (χ4v) is 3.25. The van der Waals surface area contributed by atoms with E-state index in [0.29, 0.717) is 16.5 Å². The molecule has 0 aromatic heterocycles. The summed E-state index contributed by atoms with van der Waals surface area (Å²) in [5, 5.41) is 11.8. The predicted molar refractivity (Wildman–Crippen MR) is 101 cm³/mol. The van der Waals surface area contributed by atoms with E-state index in [2.05, 4.69) is 0 Å². The van der Waals surface area contributed by atoms with Crippen molar-refractivity contribution >= 4 is 29.2 Å². The molecule has 0 radical (unpaired) electrons. The van der Waals surface area contributed by atoms with Gasteiger partial charge in [-0.05, 0) is 47.2 Å². The molecule has 2 nitrogen and oxygen atoms in total. The molecule has 0 aliphatic carbocycles. The van der Waals surface area contributed by atoms with Crippen molar-refractivity contribution in [2.24, 2.45) is 0 Å². The van der Waals surface area contributed by atoms with Crippen LogP contribution < -0.4 is 34.7 Å². The number of aryl methyl sites for hydroxylation is 1. The summed E-state index contributed by atoms with van der Waals surface area (Å²) in [5.41, 5.74) is 4.80. The molecule has 0 bridgehead atoms. The van der Waals surface area contributed by atoms with Gasteiger partial charge < -0.3 is 9.90 Å². The van der Waals surface area contributed by atoms with Gasteiger partial charge >= 0.3 is 29.6 Å². The van der Waals surface area contributed by atoms with E-state index in [1.54, 1.807) is 6.07 Å². The molecule has 3 aromatic rings. The van der Waals surface area contributed by atoms with Crippen LogP contribution in [0.5, 0.6) is 0 Å². The van der Waals surface area contributed by atoms with Gasteiger partial charge in [-0.15, -0.1) is 0 Å². The number of rotatable bonds is 5. The zero-order valence-corrected chi connectivity index (χ0v) is 17.8. The minimum absolute atomic E-state index is 0. The normalized spacial score (nSPS) is 10.2. The molecule has 0 saturated heterocycles. The third-order valence-electron chi connectivity index (χ3n) is 4.05. The van der Waals surface area contributed by atoms with Gasteiger partial charge in [0.15, 0.2) is 0 Å².